The van der Waals surface area contributed by atoms with Gasteiger partial charge in [-0.3, -0.25) is 9.59 Å². The standard InChI is InChI=1S/C20H21ClN2O2/c1-14(15-7-3-2-4-8-15)12-22-20(25)16-11-19(24)23(13-16)18-10-6-5-9-17(18)21/h2-10,14,16H,11-13H2,1H3,(H,22,25)/t14-,16-/m1/s1. The van der Waals surface area contributed by atoms with Crippen molar-refractivity contribution in [2.45, 2.75) is 19.3 Å². The van der Waals surface area contributed by atoms with Gasteiger partial charge < -0.3 is 10.2 Å². The van der Waals surface area contributed by atoms with Crippen LogP contribution < -0.4 is 10.2 Å². The van der Waals surface area contributed by atoms with Crippen molar-refractivity contribution < 1.29 is 9.59 Å². The van der Waals surface area contributed by atoms with Crippen LogP contribution in [0.4, 0.5) is 5.69 Å². The number of para-hydroxylation sites is 1. The number of halogens is 1. The lowest BCUT2D eigenvalue weighted by Gasteiger charge is -2.18. The maximum atomic E-state index is 12.5. The molecule has 0 unspecified atom stereocenters. The molecule has 0 spiro atoms. The Morgan fingerprint density at radius 1 is 1.20 bits per heavy atom. The van der Waals surface area contributed by atoms with Crippen molar-refractivity contribution in [1.82, 2.24) is 5.32 Å². The minimum Gasteiger partial charge on any atom is -0.355 e. The van der Waals surface area contributed by atoms with Crippen molar-refractivity contribution in [3.63, 3.8) is 0 Å². The number of hydrogen-bond acceptors (Lipinski definition) is 2. The third-order valence-corrected chi connectivity index (χ3v) is 4.91. The van der Waals surface area contributed by atoms with Gasteiger partial charge in [0.2, 0.25) is 11.8 Å². The fourth-order valence-electron chi connectivity index (χ4n) is 3.08. The molecule has 1 saturated heterocycles. The van der Waals surface area contributed by atoms with Gasteiger partial charge in [-0.05, 0) is 23.6 Å². The molecule has 130 valence electrons. The summed E-state index contributed by atoms with van der Waals surface area (Å²) in [4.78, 5) is 26.4. The van der Waals surface area contributed by atoms with Gasteiger partial charge in [-0.2, -0.15) is 0 Å². The van der Waals surface area contributed by atoms with E-state index in [0.717, 1.165) is 0 Å². The predicted octanol–water partition coefficient (Wildman–Crippen LogP) is 3.61. The number of carbonyl (C=O) groups excluding carboxylic acids is 2. The number of amides is 2. The Hall–Kier alpha value is -2.33. The lowest BCUT2D eigenvalue weighted by atomic mass is 10.0. The zero-order chi connectivity index (χ0) is 17.8. The van der Waals surface area contributed by atoms with Crippen LogP contribution in [0.3, 0.4) is 0 Å². The summed E-state index contributed by atoms with van der Waals surface area (Å²) in [5, 5.41) is 3.50. The monoisotopic (exact) mass is 356 g/mol. The summed E-state index contributed by atoms with van der Waals surface area (Å²) in [5.41, 5.74) is 1.85. The zero-order valence-electron chi connectivity index (χ0n) is 14.1. The normalized spacial score (nSPS) is 18.2. The van der Waals surface area contributed by atoms with Crippen molar-refractivity contribution in [3.05, 3.63) is 65.2 Å². The third kappa shape index (κ3) is 4.02. The average molecular weight is 357 g/mol. The van der Waals surface area contributed by atoms with Crippen LogP contribution in [0.25, 0.3) is 0 Å². The number of anilines is 1. The highest BCUT2D eigenvalue weighted by atomic mass is 35.5. The Labute approximate surface area is 152 Å². The van der Waals surface area contributed by atoms with Gasteiger partial charge in [0.25, 0.3) is 0 Å². The summed E-state index contributed by atoms with van der Waals surface area (Å²) in [6, 6.07) is 17.3. The number of hydrogen-bond donors (Lipinski definition) is 1. The maximum Gasteiger partial charge on any atom is 0.227 e. The largest absolute Gasteiger partial charge is 0.355 e. The van der Waals surface area contributed by atoms with E-state index in [9.17, 15) is 9.59 Å². The molecule has 1 heterocycles. The van der Waals surface area contributed by atoms with Crippen molar-refractivity contribution in [2.75, 3.05) is 18.0 Å². The summed E-state index contributed by atoms with van der Waals surface area (Å²) < 4.78 is 0. The van der Waals surface area contributed by atoms with E-state index in [0.29, 0.717) is 23.8 Å². The molecule has 25 heavy (non-hydrogen) atoms. The smallest absolute Gasteiger partial charge is 0.227 e. The first-order valence-electron chi connectivity index (χ1n) is 8.44. The van der Waals surface area contributed by atoms with E-state index in [1.165, 1.54) is 5.56 Å². The second-order valence-corrected chi connectivity index (χ2v) is 6.82. The van der Waals surface area contributed by atoms with Crippen LogP contribution in [0.1, 0.15) is 24.8 Å². The van der Waals surface area contributed by atoms with E-state index in [2.05, 4.69) is 24.4 Å². The molecule has 3 rings (SSSR count). The third-order valence-electron chi connectivity index (χ3n) is 4.59. The van der Waals surface area contributed by atoms with Gasteiger partial charge in [0.05, 0.1) is 16.6 Å². The molecular formula is C20H21ClN2O2. The minimum atomic E-state index is -0.341. The van der Waals surface area contributed by atoms with Gasteiger partial charge in [-0.15, -0.1) is 0 Å². The van der Waals surface area contributed by atoms with Gasteiger partial charge >= 0.3 is 0 Å². The molecular weight excluding hydrogens is 336 g/mol. The van der Waals surface area contributed by atoms with Crippen molar-refractivity contribution in [3.8, 4) is 0 Å². The van der Waals surface area contributed by atoms with E-state index >= 15 is 0 Å². The van der Waals surface area contributed by atoms with E-state index in [1.54, 1.807) is 17.0 Å². The topological polar surface area (TPSA) is 49.4 Å². The summed E-state index contributed by atoms with van der Waals surface area (Å²) in [6.45, 7) is 3.00. The molecule has 1 fully saturated rings. The Morgan fingerprint density at radius 3 is 2.60 bits per heavy atom. The second kappa shape index (κ2) is 7.70. The highest BCUT2D eigenvalue weighted by Gasteiger charge is 2.35. The molecule has 4 nitrogen and oxygen atoms in total. The molecule has 1 N–H and O–H groups in total. The predicted molar refractivity (Wildman–Crippen MR) is 99.8 cm³/mol. The van der Waals surface area contributed by atoms with Crippen molar-refractivity contribution >= 4 is 29.1 Å². The van der Waals surface area contributed by atoms with E-state index in [4.69, 9.17) is 11.6 Å². The molecule has 1 aliphatic heterocycles. The zero-order valence-corrected chi connectivity index (χ0v) is 14.9. The van der Waals surface area contributed by atoms with Crippen LogP contribution in [0.2, 0.25) is 5.02 Å². The van der Waals surface area contributed by atoms with E-state index in [1.807, 2.05) is 30.3 Å². The summed E-state index contributed by atoms with van der Waals surface area (Å²) in [7, 11) is 0. The lowest BCUT2D eigenvalue weighted by molar-refractivity contribution is -0.126. The van der Waals surface area contributed by atoms with E-state index in [-0.39, 0.29) is 30.1 Å². The van der Waals surface area contributed by atoms with Crippen LogP contribution in [-0.2, 0) is 9.59 Å². The van der Waals surface area contributed by atoms with Crippen LogP contribution in [-0.4, -0.2) is 24.9 Å². The fourth-order valence-corrected chi connectivity index (χ4v) is 3.32. The molecule has 2 amide bonds. The first-order valence-corrected chi connectivity index (χ1v) is 8.81. The number of carbonyl (C=O) groups is 2. The van der Waals surface area contributed by atoms with Gasteiger partial charge in [-0.25, -0.2) is 0 Å². The van der Waals surface area contributed by atoms with Crippen molar-refractivity contribution in [2.24, 2.45) is 5.92 Å². The minimum absolute atomic E-state index is 0.0654. The molecule has 0 aromatic heterocycles. The molecule has 0 saturated carbocycles. The first kappa shape index (κ1) is 17.5. The Morgan fingerprint density at radius 2 is 1.88 bits per heavy atom. The number of nitrogens with one attached hydrogen (secondary N) is 1. The highest BCUT2D eigenvalue weighted by Crippen LogP contribution is 2.31. The van der Waals surface area contributed by atoms with Gasteiger partial charge in [-0.1, -0.05) is 61.0 Å². The Bertz CT molecular complexity index is 763. The van der Waals surface area contributed by atoms with Crippen LogP contribution in [0, 0.1) is 5.92 Å². The quantitative estimate of drug-likeness (QED) is 0.889. The SMILES string of the molecule is C[C@H](CNC(=O)[C@@H]1CC(=O)N(c2ccccc2Cl)C1)c1ccccc1. The molecule has 2 aromatic rings. The molecule has 1 aliphatic rings. The number of benzene rings is 2. The van der Waals surface area contributed by atoms with Crippen molar-refractivity contribution in [1.29, 1.82) is 0 Å². The van der Waals surface area contributed by atoms with E-state index < -0.39 is 0 Å². The number of nitrogens with zero attached hydrogens (tertiary/aromatic N) is 1. The summed E-state index contributed by atoms with van der Waals surface area (Å²) in [5.74, 6) is -0.260. The molecule has 2 aromatic carbocycles. The first-order chi connectivity index (χ1) is 12.1. The van der Waals surface area contributed by atoms with Gasteiger partial charge in [0.15, 0.2) is 0 Å². The molecule has 5 heteroatoms. The second-order valence-electron chi connectivity index (χ2n) is 6.41. The average Bonchev–Trinajstić information content (AvgIpc) is 3.02. The molecule has 0 bridgehead atoms. The maximum absolute atomic E-state index is 12.5. The van der Waals surface area contributed by atoms with Crippen LogP contribution in [0.5, 0.6) is 0 Å². The fraction of sp³-hybridized carbons (Fsp3) is 0.300. The number of rotatable bonds is 5. The van der Waals surface area contributed by atoms with Crippen LogP contribution >= 0.6 is 11.6 Å². The molecule has 0 aliphatic carbocycles. The van der Waals surface area contributed by atoms with Crippen LogP contribution in [0.15, 0.2) is 54.6 Å². The Balaban J connectivity index is 1.59. The van der Waals surface area contributed by atoms with Gasteiger partial charge in [0, 0.05) is 19.5 Å². The van der Waals surface area contributed by atoms with Gasteiger partial charge in [0.1, 0.15) is 0 Å². The summed E-state index contributed by atoms with van der Waals surface area (Å²) in [6.07, 6.45) is 0.219. The molecule has 2 atom stereocenters. The molecule has 0 radical (unpaired) electrons. The highest BCUT2D eigenvalue weighted by molar-refractivity contribution is 6.33. The lowest BCUT2D eigenvalue weighted by Crippen LogP contribution is -2.35. The Kier molecular flexibility index (Phi) is 5.39. The summed E-state index contributed by atoms with van der Waals surface area (Å²) >= 11 is 6.17.